The predicted octanol–water partition coefficient (Wildman–Crippen LogP) is 3.69. The molecule has 0 N–H and O–H groups in total. The van der Waals surface area contributed by atoms with Gasteiger partial charge in [0.05, 0.1) is 0 Å². The van der Waals surface area contributed by atoms with E-state index < -0.39 is 0 Å². The Kier molecular flexibility index (Phi) is 16.7. The summed E-state index contributed by atoms with van der Waals surface area (Å²) in [6, 6.07) is 0. The molecule has 0 aliphatic carbocycles. The maximum atomic E-state index is 2.27. The number of hydrogen-bond acceptors (Lipinski definition) is 1. The van der Waals surface area contributed by atoms with Crippen molar-refractivity contribution in [1.29, 1.82) is 0 Å². The SMILES string of the molecule is CCCCCCCCCCN(C)C.[Ti]. The van der Waals surface area contributed by atoms with Crippen LogP contribution in [0.15, 0.2) is 0 Å². The van der Waals surface area contributed by atoms with E-state index in [0.29, 0.717) is 0 Å². The van der Waals surface area contributed by atoms with E-state index in [1.807, 2.05) is 0 Å². The zero-order valence-electron chi connectivity index (χ0n) is 10.3. The van der Waals surface area contributed by atoms with E-state index in [1.54, 1.807) is 0 Å². The third-order valence-electron chi connectivity index (χ3n) is 2.46. The molecule has 14 heavy (non-hydrogen) atoms. The van der Waals surface area contributed by atoms with E-state index in [9.17, 15) is 0 Å². The van der Waals surface area contributed by atoms with Crippen LogP contribution in [0.25, 0.3) is 0 Å². The predicted molar refractivity (Wildman–Crippen MR) is 61.2 cm³/mol. The summed E-state index contributed by atoms with van der Waals surface area (Å²) in [5.41, 5.74) is 0. The van der Waals surface area contributed by atoms with Crippen molar-refractivity contribution >= 4 is 0 Å². The second-order valence-corrected chi connectivity index (χ2v) is 4.28. The Labute approximate surface area is 106 Å². The van der Waals surface area contributed by atoms with E-state index in [2.05, 4.69) is 25.9 Å². The molecule has 0 aliphatic heterocycles. The van der Waals surface area contributed by atoms with Crippen molar-refractivity contribution in [2.24, 2.45) is 0 Å². The molecule has 0 unspecified atom stereocenters. The second kappa shape index (κ2) is 13.7. The molecule has 0 aromatic heterocycles. The van der Waals surface area contributed by atoms with Crippen molar-refractivity contribution in [3.05, 3.63) is 0 Å². The second-order valence-electron chi connectivity index (χ2n) is 4.28. The largest absolute Gasteiger partial charge is 0.309 e. The van der Waals surface area contributed by atoms with Crippen molar-refractivity contribution in [1.82, 2.24) is 4.90 Å². The molecule has 0 aliphatic rings. The molecule has 0 saturated carbocycles. The third kappa shape index (κ3) is 15.2. The van der Waals surface area contributed by atoms with Gasteiger partial charge in [-0.15, -0.1) is 0 Å². The molecule has 0 saturated heterocycles. The van der Waals surface area contributed by atoms with Crippen LogP contribution < -0.4 is 0 Å². The Morgan fingerprint density at radius 2 is 1.14 bits per heavy atom. The monoisotopic (exact) mass is 233 g/mol. The molecule has 0 aromatic rings. The van der Waals surface area contributed by atoms with Crippen LogP contribution in [0.3, 0.4) is 0 Å². The topological polar surface area (TPSA) is 3.24 Å². The quantitative estimate of drug-likeness (QED) is 0.433. The first-order valence-corrected chi connectivity index (χ1v) is 5.92. The van der Waals surface area contributed by atoms with Gasteiger partial charge in [-0.25, -0.2) is 0 Å². The maximum absolute atomic E-state index is 2.27. The minimum atomic E-state index is 0. The minimum Gasteiger partial charge on any atom is -0.309 e. The summed E-state index contributed by atoms with van der Waals surface area (Å²) < 4.78 is 0. The smallest absolute Gasteiger partial charge is 0 e. The Hall–Kier alpha value is 0.674. The zero-order chi connectivity index (χ0) is 9.94. The van der Waals surface area contributed by atoms with Crippen molar-refractivity contribution in [2.75, 3.05) is 20.6 Å². The van der Waals surface area contributed by atoms with Gasteiger partial charge < -0.3 is 4.90 Å². The van der Waals surface area contributed by atoms with E-state index in [1.165, 1.54) is 57.9 Å². The summed E-state index contributed by atoms with van der Waals surface area (Å²) in [5.74, 6) is 0. The molecule has 84 valence electrons. The van der Waals surface area contributed by atoms with E-state index >= 15 is 0 Å². The Balaban J connectivity index is 0. The summed E-state index contributed by atoms with van der Waals surface area (Å²) in [6.07, 6.45) is 11.4. The molecule has 0 atom stereocenters. The molecular weight excluding hydrogens is 206 g/mol. The summed E-state index contributed by atoms with van der Waals surface area (Å²) in [5, 5.41) is 0. The number of unbranched alkanes of at least 4 members (excludes halogenated alkanes) is 7. The third-order valence-corrected chi connectivity index (χ3v) is 2.46. The van der Waals surface area contributed by atoms with Crippen LogP contribution in [0.5, 0.6) is 0 Å². The number of hydrogen-bond donors (Lipinski definition) is 0. The van der Waals surface area contributed by atoms with Gasteiger partial charge in [0.25, 0.3) is 0 Å². The van der Waals surface area contributed by atoms with Crippen LogP contribution in [-0.4, -0.2) is 25.5 Å². The summed E-state index contributed by atoms with van der Waals surface area (Å²) in [6.45, 7) is 3.53. The summed E-state index contributed by atoms with van der Waals surface area (Å²) >= 11 is 0. The van der Waals surface area contributed by atoms with Crippen LogP contribution in [-0.2, 0) is 21.7 Å². The molecule has 0 rings (SSSR count). The molecule has 0 bridgehead atoms. The molecular formula is C12H27NTi. The minimum absolute atomic E-state index is 0. The molecule has 1 nitrogen and oxygen atoms in total. The molecule has 0 heterocycles. The van der Waals surface area contributed by atoms with Crippen molar-refractivity contribution in [2.45, 2.75) is 58.3 Å². The van der Waals surface area contributed by atoms with Crippen LogP contribution in [0, 0.1) is 0 Å². The fourth-order valence-corrected chi connectivity index (χ4v) is 1.56. The normalized spacial score (nSPS) is 10.3. The summed E-state index contributed by atoms with van der Waals surface area (Å²) in [7, 11) is 4.31. The maximum Gasteiger partial charge on any atom is 0 e. The zero-order valence-corrected chi connectivity index (χ0v) is 11.9. The van der Waals surface area contributed by atoms with E-state index in [-0.39, 0.29) is 21.7 Å². The van der Waals surface area contributed by atoms with E-state index in [0.717, 1.165) is 0 Å². The molecule has 0 spiro atoms. The van der Waals surface area contributed by atoms with Crippen LogP contribution >= 0.6 is 0 Å². The van der Waals surface area contributed by atoms with Crippen molar-refractivity contribution in [3.8, 4) is 0 Å². The molecule has 0 fully saturated rings. The van der Waals surface area contributed by atoms with Gasteiger partial charge in [0.15, 0.2) is 0 Å². The van der Waals surface area contributed by atoms with Gasteiger partial charge in [-0.1, -0.05) is 51.9 Å². The summed E-state index contributed by atoms with van der Waals surface area (Å²) in [4.78, 5) is 2.27. The fraction of sp³-hybridized carbons (Fsp3) is 1.00. The first kappa shape index (κ1) is 17.1. The Bertz CT molecular complexity index is 94.3. The molecule has 2 heteroatoms. The van der Waals surface area contributed by atoms with Gasteiger partial charge in [0.2, 0.25) is 0 Å². The number of nitrogens with zero attached hydrogens (tertiary/aromatic N) is 1. The first-order chi connectivity index (χ1) is 6.27. The van der Waals surface area contributed by atoms with Gasteiger partial charge in [-0.3, -0.25) is 0 Å². The molecule has 0 amide bonds. The number of rotatable bonds is 9. The standard InChI is InChI=1S/C12H27N.Ti/c1-4-5-6-7-8-9-10-11-12-13(2)3;/h4-12H2,1-3H3;. The van der Waals surface area contributed by atoms with E-state index in [4.69, 9.17) is 0 Å². The van der Waals surface area contributed by atoms with Gasteiger partial charge in [-0.05, 0) is 27.1 Å². The van der Waals surface area contributed by atoms with Gasteiger partial charge in [-0.2, -0.15) is 0 Å². The average molecular weight is 233 g/mol. The van der Waals surface area contributed by atoms with Crippen LogP contribution in [0.2, 0.25) is 0 Å². The average Bonchev–Trinajstić information content (AvgIpc) is 2.09. The fourth-order valence-electron chi connectivity index (χ4n) is 1.56. The molecule has 0 radical (unpaired) electrons. The Morgan fingerprint density at radius 1 is 0.714 bits per heavy atom. The van der Waals surface area contributed by atoms with Crippen molar-refractivity contribution in [3.63, 3.8) is 0 Å². The van der Waals surface area contributed by atoms with Crippen molar-refractivity contribution < 1.29 is 21.7 Å². The van der Waals surface area contributed by atoms with Gasteiger partial charge in [0, 0.05) is 21.7 Å². The van der Waals surface area contributed by atoms with Gasteiger partial charge in [0.1, 0.15) is 0 Å². The molecule has 0 aromatic carbocycles. The first-order valence-electron chi connectivity index (χ1n) is 5.92. The van der Waals surface area contributed by atoms with Gasteiger partial charge >= 0.3 is 0 Å². The van der Waals surface area contributed by atoms with Crippen LogP contribution in [0.1, 0.15) is 58.3 Å². The Morgan fingerprint density at radius 3 is 1.57 bits per heavy atom. The van der Waals surface area contributed by atoms with Crippen LogP contribution in [0.4, 0.5) is 0 Å².